The minimum atomic E-state index is -0.565. The molecule has 2 nitrogen and oxygen atoms in total. The molecule has 1 aliphatic carbocycles. The largest absolute Gasteiger partial charge is 0.392 e. The summed E-state index contributed by atoms with van der Waals surface area (Å²) in [5, 5.41) is 9.79. The molecular formula is C11H18O2. The molecule has 0 heterocycles. The van der Waals surface area contributed by atoms with E-state index in [1.807, 2.05) is 13.8 Å². The van der Waals surface area contributed by atoms with Crippen LogP contribution in [0.3, 0.4) is 0 Å². The Kier molecular flexibility index (Phi) is 2.91. The highest BCUT2D eigenvalue weighted by Gasteiger charge is 2.42. The van der Waals surface area contributed by atoms with Gasteiger partial charge in [-0.25, -0.2) is 0 Å². The molecule has 2 atom stereocenters. The van der Waals surface area contributed by atoms with Gasteiger partial charge in [0.1, 0.15) is 5.78 Å². The van der Waals surface area contributed by atoms with Gasteiger partial charge in [-0.1, -0.05) is 5.57 Å². The predicted octanol–water partition coefficient (Wildman–Crippen LogP) is 2.07. The van der Waals surface area contributed by atoms with Gasteiger partial charge in [0.25, 0.3) is 0 Å². The lowest BCUT2D eigenvalue weighted by atomic mass is 9.69. The van der Waals surface area contributed by atoms with E-state index in [4.69, 9.17) is 0 Å². The van der Waals surface area contributed by atoms with Gasteiger partial charge in [-0.15, -0.1) is 6.58 Å². The summed E-state index contributed by atoms with van der Waals surface area (Å²) in [6.07, 6.45) is 2.32. The summed E-state index contributed by atoms with van der Waals surface area (Å²) in [5.41, 5.74) is 0.404. The molecule has 0 spiro atoms. The molecule has 0 unspecified atom stereocenters. The monoisotopic (exact) mass is 182 g/mol. The standard InChI is InChI=1S/C11H18O2/c1-8(2)7-11(3)9(12)5-4-6-10(11)13/h9,12H,1,4-7H2,2-3H3/t9-,11+/m0/s1. The van der Waals surface area contributed by atoms with Crippen LogP contribution in [0.1, 0.15) is 39.5 Å². The Morgan fingerprint density at radius 2 is 2.38 bits per heavy atom. The van der Waals surface area contributed by atoms with E-state index < -0.39 is 11.5 Å². The Balaban J connectivity index is 2.81. The molecule has 74 valence electrons. The minimum Gasteiger partial charge on any atom is -0.392 e. The lowest BCUT2D eigenvalue weighted by Crippen LogP contribution is -2.43. The third-order valence-corrected chi connectivity index (χ3v) is 2.92. The van der Waals surface area contributed by atoms with Crippen LogP contribution in [-0.2, 0) is 4.79 Å². The molecule has 1 aliphatic rings. The number of aliphatic hydroxyl groups excluding tert-OH is 1. The number of ketones is 1. The van der Waals surface area contributed by atoms with E-state index in [9.17, 15) is 9.90 Å². The molecule has 1 N–H and O–H groups in total. The quantitative estimate of drug-likeness (QED) is 0.664. The number of carbonyl (C=O) groups is 1. The van der Waals surface area contributed by atoms with Crippen LogP contribution >= 0.6 is 0 Å². The minimum absolute atomic E-state index is 0.189. The highest BCUT2D eigenvalue weighted by Crippen LogP contribution is 2.37. The zero-order chi connectivity index (χ0) is 10.1. The highest BCUT2D eigenvalue weighted by molar-refractivity contribution is 5.86. The Hall–Kier alpha value is -0.630. The normalized spacial score (nSPS) is 34.7. The van der Waals surface area contributed by atoms with Crippen LogP contribution < -0.4 is 0 Å². The molecule has 1 saturated carbocycles. The average molecular weight is 182 g/mol. The van der Waals surface area contributed by atoms with Gasteiger partial charge >= 0.3 is 0 Å². The SMILES string of the molecule is C=C(C)C[C@@]1(C)C(=O)CCC[C@@H]1O. The van der Waals surface area contributed by atoms with Crippen molar-refractivity contribution in [2.75, 3.05) is 0 Å². The first kappa shape index (κ1) is 10.5. The van der Waals surface area contributed by atoms with Crippen molar-refractivity contribution in [3.63, 3.8) is 0 Å². The number of aliphatic hydroxyl groups is 1. The van der Waals surface area contributed by atoms with Crippen molar-refractivity contribution in [3.8, 4) is 0 Å². The summed E-state index contributed by atoms with van der Waals surface area (Å²) >= 11 is 0. The molecule has 1 rings (SSSR count). The molecule has 0 aliphatic heterocycles. The highest BCUT2D eigenvalue weighted by atomic mass is 16.3. The van der Waals surface area contributed by atoms with E-state index in [2.05, 4.69) is 6.58 Å². The van der Waals surface area contributed by atoms with Crippen molar-refractivity contribution in [1.82, 2.24) is 0 Å². The second-order valence-electron chi connectivity index (χ2n) is 4.38. The van der Waals surface area contributed by atoms with Gasteiger partial charge in [-0.2, -0.15) is 0 Å². The van der Waals surface area contributed by atoms with Crippen LogP contribution in [0.4, 0.5) is 0 Å². The van der Waals surface area contributed by atoms with Crippen molar-refractivity contribution in [3.05, 3.63) is 12.2 Å². The number of allylic oxidation sites excluding steroid dienone is 1. The van der Waals surface area contributed by atoms with E-state index in [0.29, 0.717) is 12.8 Å². The number of hydrogen-bond acceptors (Lipinski definition) is 2. The summed E-state index contributed by atoms with van der Waals surface area (Å²) in [7, 11) is 0. The lowest BCUT2D eigenvalue weighted by molar-refractivity contribution is -0.138. The third-order valence-electron chi connectivity index (χ3n) is 2.92. The first-order valence-electron chi connectivity index (χ1n) is 4.82. The van der Waals surface area contributed by atoms with Crippen molar-refractivity contribution in [2.24, 2.45) is 5.41 Å². The van der Waals surface area contributed by atoms with E-state index in [0.717, 1.165) is 18.4 Å². The van der Waals surface area contributed by atoms with Gasteiger partial charge in [0.05, 0.1) is 11.5 Å². The van der Waals surface area contributed by atoms with Crippen molar-refractivity contribution in [1.29, 1.82) is 0 Å². The van der Waals surface area contributed by atoms with Crippen LogP contribution in [0.25, 0.3) is 0 Å². The van der Waals surface area contributed by atoms with E-state index in [1.54, 1.807) is 0 Å². The fraction of sp³-hybridized carbons (Fsp3) is 0.727. The van der Waals surface area contributed by atoms with Gasteiger partial charge in [0, 0.05) is 6.42 Å². The van der Waals surface area contributed by atoms with Crippen molar-refractivity contribution >= 4 is 5.78 Å². The molecule has 0 aromatic carbocycles. The Bertz CT molecular complexity index is 232. The Labute approximate surface area is 79.6 Å². The first-order valence-corrected chi connectivity index (χ1v) is 4.82. The lowest BCUT2D eigenvalue weighted by Gasteiger charge is -2.37. The smallest absolute Gasteiger partial charge is 0.141 e. The second-order valence-corrected chi connectivity index (χ2v) is 4.38. The first-order chi connectivity index (χ1) is 5.97. The summed E-state index contributed by atoms with van der Waals surface area (Å²) in [6, 6.07) is 0. The van der Waals surface area contributed by atoms with Crippen molar-refractivity contribution in [2.45, 2.75) is 45.6 Å². The maximum Gasteiger partial charge on any atom is 0.141 e. The molecule has 13 heavy (non-hydrogen) atoms. The second kappa shape index (κ2) is 3.62. The summed E-state index contributed by atoms with van der Waals surface area (Å²) < 4.78 is 0. The Morgan fingerprint density at radius 3 is 2.85 bits per heavy atom. The van der Waals surface area contributed by atoms with Crippen LogP contribution in [0.2, 0.25) is 0 Å². The molecule has 0 bridgehead atoms. The van der Waals surface area contributed by atoms with E-state index in [1.165, 1.54) is 0 Å². The number of carbonyl (C=O) groups excluding carboxylic acids is 1. The van der Waals surface area contributed by atoms with Gasteiger partial charge in [-0.05, 0) is 33.1 Å². The molecule has 2 heteroatoms. The Morgan fingerprint density at radius 1 is 1.77 bits per heavy atom. The van der Waals surface area contributed by atoms with Gasteiger partial charge < -0.3 is 5.11 Å². The zero-order valence-electron chi connectivity index (χ0n) is 8.47. The number of Topliss-reactive ketones (excluding diaryl/α,β-unsaturated/α-hetero) is 1. The fourth-order valence-corrected chi connectivity index (χ4v) is 2.09. The van der Waals surface area contributed by atoms with Gasteiger partial charge in [0.15, 0.2) is 0 Å². The van der Waals surface area contributed by atoms with Crippen LogP contribution in [-0.4, -0.2) is 17.0 Å². The fourth-order valence-electron chi connectivity index (χ4n) is 2.09. The van der Waals surface area contributed by atoms with Gasteiger partial charge in [-0.3, -0.25) is 4.79 Å². The van der Waals surface area contributed by atoms with Crippen LogP contribution in [0.15, 0.2) is 12.2 Å². The molecule has 0 aromatic rings. The summed E-state index contributed by atoms with van der Waals surface area (Å²) in [4.78, 5) is 11.7. The van der Waals surface area contributed by atoms with Crippen LogP contribution in [0.5, 0.6) is 0 Å². The molecule has 0 saturated heterocycles. The molecule has 0 amide bonds. The zero-order valence-corrected chi connectivity index (χ0v) is 8.47. The van der Waals surface area contributed by atoms with E-state index in [-0.39, 0.29) is 5.78 Å². The molecule has 1 fully saturated rings. The average Bonchev–Trinajstić information content (AvgIpc) is 1.99. The number of rotatable bonds is 2. The van der Waals surface area contributed by atoms with E-state index >= 15 is 0 Å². The maximum absolute atomic E-state index is 11.7. The third kappa shape index (κ3) is 1.99. The van der Waals surface area contributed by atoms with Crippen LogP contribution in [0, 0.1) is 5.41 Å². The molecule has 0 radical (unpaired) electrons. The maximum atomic E-state index is 11.7. The van der Waals surface area contributed by atoms with Gasteiger partial charge in [0.2, 0.25) is 0 Å². The van der Waals surface area contributed by atoms with Crippen molar-refractivity contribution < 1.29 is 9.90 Å². The summed E-state index contributed by atoms with van der Waals surface area (Å²) in [5.74, 6) is 0.189. The molecular weight excluding hydrogens is 164 g/mol. The number of hydrogen-bond donors (Lipinski definition) is 1. The topological polar surface area (TPSA) is 37.3 Å². The summed E-state index contributed by atoms with van der Waals surface area (Å²) in [6.45, 7) is 7.56. The molecule has 0 aromatic heterocycles. The predicted molar refractivity (Wildman–Crippen MR) is 52.4 cm³/mol.